The molecule has 4 fully saturated rings. The third kappa shape index (κ3) is 2.57. The van der Waals surface area contributed by atoms with E-state index >= 15 is 0 Å². The number of hydrogen-bond donors (Lipinski definition) is 1. The second-order valence-corrected chi connectivity index (χ2v) is 8.28. The van der Waals surface area contributed by atoms with Crippen molar-refractivity contribution >= 4 is 5.91 Å². The molecule has 136 valence electrons. The molecule has 5 rings (SSSR count). The number of halogens is 2. The number of rotatable bonds is 2. The zero-order valence-electron chi connectivity index (χ0n) is 14.7. The third-order valence-electron chi connectivity index (χ3n) is 6.19. The normalized spacial score (nSPS) is 34.3. The summed E-state index contributed by atoms with van der Waals surface area (Å²) in [4.78, 5) is 17.2. The highest BCUT2D eigenvalue weighted by Gasteiger charge is 2.56. The quantitative estimate of drug-likeness (QED) is 0.889. The first-order chi connectivity index (χ1) is 11.8. The topological polar surface area (TPSA) is 49.6 Å². The van der Waals surface area contributed by atoms with Gasteiger partial charge in [-0.2, -0.15) is 0 Å². The zero-order valence-corrected chi connectivity index (χ0v) is 14.7. The molecule has 0 aromatic heterocycles. The van der Waals surface area contributed by atoms with E-state index in [9.17, 15) is 13.6 Å². The van der Waals surface area contributed by atoms with Crippen molar-refractivity contribution in [3.8, 4) is 0 Å². The van der Waals surface area contributed by atoms with Crippen molar-refractivity contribution < 1.29 is 13.6 Å². The van der Waals surface area contributed by atoms with Gasteiger partial charge in [-0.15, -0.1) is 0 Å². The highest BCUT2D eigenvalue weighted by Crippen LogP contribution is 2.47. The van der Waals surface area contributed by atoms with Crippen LogP contribution < -0.4 is 5.73 Å². The van der Waals surface area contributed by atoms with Gasteiger partial charge in [0.05, 0.1) is 11.6 Å². The van der Waals surface area contributed by atoms with Crippen LogP contribution in [0.15, 0.2) is 18.2 Å². The molecule has 4 aliphatic rings. The Kier molecular flexibility index (Phi) is 3.88. The lowest BCUT2D eigenvalue weighted by atomic mass is 9.75. The standard InChI is InChI=1S/C19H25F2N3O/c1-19(2,22)18(25)24-10-13(12-4-3-5-14(20)15(12)21)17-16(24)11-6-8-23(17)9-7-11/h3-5,11,13,16-17H,6-10,22H2,1-2H3/t13-,16-,17-/m1/s1. The van der Waals surface area contributed by atoms with Gasteiger partial charge >= 0.3 is 0 Å². The van der Waals surface area contributed by atoms with Gasteiger partial charge in [0.2, 0.25) is 5.91 Å². The molecule has 1 aromatic rings. The number of carbonyl (C=O) groups excluding carboxylic acids is 1. The average molecular weight is 349 g/mol. The Hall–Kier alpha value is -1.53. The van der Waals surface area contributed by atoms with Crippen LogP contribution in [0.5, 0.6) is 0 Å². The Morgan fingerprint density at radius 3 is 2.52 bits per heavy atom. The van der Waals surface area contributed by atoms with E-state index in [1.165, 1.54) is 0 Å². The number of carbonyl (C=O) groups is 1. The van der Waals surface area contributed by atoms with Gasteiger partial charge in [0.1, 0.15) is 0 Å². The van der Waals surface area contributed by atoms with Crippen molar-refractivity contribution in [3.05, 3.63) is 35.4 Å². The van der Waals surface area contributed by atoms with E-state index in [1.807, 2.05) is 4.90 Å². The highest BCUT2D eigenvalue weighted by atomic mass is 19.2. The Morgan fingerprint density at radius 1 is 1.20 bits per heavy atom. The van der Waals surface area contributed by atoms with Gasteiger partial charge in [0.15, 0.2) is 11.6 Å². The molecule has 2 N–H and O–H groups in total. The van der Waals surface area contributed by atoms with Gasteiger partial charge in [-0.1, -0.05) is 12.1 Å². The second-order valence-electron chi connectivity index (χ2n) is 8.28. The largest absolute Gasteiger partial charge is 0.336 e. The van der Waals surface area contributed by atoms with Gasteiger partial charge in [0, 0.05) is 18.5 Å². The predicted molar refractivity (Wildman–Crippen MR) is 91.0 cm³/mol. The fraction of sp³-hybridized carbons (Fsp3) is 0.632. The summed E-state index contributed by atoms with van der Waals surface area (Å²) in [6.45, 7) is 5.76. The van der Waals surface area contributed by atoms with Crippen LogP contribution in [-0.2, 0) is 4.79 Å². The van der Waals surface area contributed by atoms with Crippen LogP contribution in [-0.4, -0.2) is 53.0 Å². The number of fused-ring (bicyclic) bond motifs is 2. The number of nitrogens with zero attached hydrogens (tertiary/aromatic N) is 2. The van der Waals surface area contributed by atoms with Gasteiger partial charge in [-0.25, -0.2) is 8.78 Å². The Balaban J connectivity index is 1.76. The van der Waals surface area contributed by atoms with Gasteiger partial charge < -0.3 is 10.6 Å². The fourth-order valence-corrected chi connectivity index (χ4v) is 5.10. The first kappa shape index (κ1) is 16.9. The number of piperidine rings is 3. The van der Waals surface area contributed by atoms with E-state index < -0.39 is 17.2 Å². The predicted octanol–water partition coefficient (Wildman–Crippen LogP) is 2.09. The summed E-state index contributed by atoms with van der Waals surface area (Å²) in [7, 11) is 0. The molecule has 3 atom stereocenters. The molecular weight excluding hydrogens is 324 g/mol. The first-order valence-corrected chi connectivity index (χ1v) is 9.07. The van der Waals surface area contributed by atoms with Crippen molar-refractivity contribution in [1.29, 1.82) is 0 Å². The van der Waals surface area contributed by atoms with Crippen LogP contribution in [0.2, 0.25) is 0 Å². The molecule has 0 radical (unpaired) electrons. The van der Waals surface area contributed by atoms with E-state index in [0.717, 1.165) is 32.0 Å². The molecule has 4 heterocycles. The van der Waals surface area contributed by atoms with E-state index in [0.29, 0.717) is 18.0 Å². The number of hydrogen-bond acceptors (Lipinski definition) is 3. The SMILES string of the molecule is CC(C)(N)C(=O)N1C[C@H](c2cccc(F)c2F)[C@@H]2[C@H]1C1CCN2CC1. The maximum atomic E-state index is 14.5. The summed E-state index contributed by atoms with van der Waals surface area (Å²) in [6, 6.07) is 4.45. The second kappa shape index (κ2) is 5.74. The molecular formula is C19H25F2N3O. The molecule has 0 saturated carbocycles. The van der Waals surface area contributed by atoms with Crippen LogP contribution in [0.3, 0.4) is 0 Å². The maximum absolute atomic E-state index is 14.5. The molecule has 2 bridgehead atoms. The smallest absolute Gasteiger partial charge is 0.242 e. The molecule has 4 aliphatic heterocycles. The summed E-state index contributed by atoms with van der Waals surface area (Å²) >= 11 is 0. The number of nitrogens with two attached hydrogens (primary N) is 1. The molecule has 6 heteroatoms. The average Bonchev–Trinajstić information content (AvgIpc) is 2.99. The summed E-state index contributed by atoms with van der Waals surface area (Å²) in [5.41, 5.74) is 5.49. The molecule has 4 nitrogen and oxygen atoms in total. The van der Waals surface area contributed by atoms with Crippen molar-refractivity contribution in [2.45, 2.75) is 50.2 Å². The van der Waals surface area contributed by atoms with Crippen molar-refractivity contribution in [3.63, 3.8) is 0 Å². The minimum absolute atomic E-state index is 0.0468. The van der Waals surface area contributed by atoms with Crippen LogP contribution in [0, 0.1) is 17.6 Å². The monoisotopic (exact) mass is 349 g/mol. The minimum Gasteiger partial charge on any atom is -0.336 e. The Morgan fingerprint density at radius 2 is 1.88 bits per heavy atom. The van der Waals surface area contributed by atoms with E-state index in [-0.39, 0.29) is 23.9 Å². The Bertz CT molecular complexity index is 694. The molecule has 0 spiro atoms. The van der Waals surface area contributed by atoms with Crippen LogP contribution in [0.25, 0.3) is 0 Å². The summed E-state index contributed by atoms with van der Waals surface area (Å²) < 4.78 is 28.3. The first-order valence-electron chi connectivity index (χ1n) is 9.07. The fourth-order valence-electron chi connectivity index (χ4n) is 5.10. The highest BCUT2D eigenvalue weighted by molar-refractivity contribution is 5.86. The number of likely N-dealkylation sites (tertiary alicyclic amines) is 1. The Labute approximate surface area is 147 Å². The lowest BCUT2D eigenvalue weighted by Gasteiger charge is -2.51. The van der Waals surface area contributed by atoms with Crippen molar-refractivity contribution in [2.24, 2.45) is 11.7 Å². The van der Waals surface area contributed by atoms with Crippen LogP contribution in [0.4, 0.5) is 8.78 Å². The summed E-state index contributed by atoms with van der Waals surface area (Å²) in [6.07, 6.45) is 2.10. The molecule has 4 saturated heterocycles. The molecule has 0 aliphatic carbocycles. The summed E-state index contributed by atoms with van der Waals surface area (Å²) in [5, 5.41) is 0. The van der Waals surface area contributed by atoms with Crippen molar-refractivity contribution in [1.82, 2.24) is 9.80 Å². The third-order valence-corrected chi connectivity index (χ3v) is 6.19. The van der Waals surface area contributed by atoms with Crippen molar-refractivity contribution in [2.75, 3.05) is 19.6 Å². The van der Waals surface area contributed by atoms with E-state index in [4.69, 9.17) is 5.73 Å². The zero-order chi connectivity index (χ0) is 17.9. The van der Waals surface area contributed by atoms with E-state index in [2.05, 4.69) is 4.90 Å². The van der Waals surface area contributed by atoms with Gasteiger partial charge in [-0.3, -0.25) is 9.69 Å². The molecule has 0 unspecified atom stereocenters. The maximum Gasteiger partial charge on any atom is 0.242 e. The molecule has 1 aromatic carbocycles. The number of benzene rings is 1. The molecule has 1 amide bonds. The lowest BCUT2D eigenvalue weighted by Crippen LogP contribution is -2.63. The summed E-state index contributed by atoms with van der Waals surface area (Å²) in [5.74, 6) is -1.50. The molecule has 25 heavy (non-hydrogen) atoms. The van der Waals surface area contributed by atoms with Gasteiger partial charge in [-0.05, 0) is 57.3 Å². The lowest BCUT2D eigenvalue weighted by molar-refractivity contribution is -0.140. The van der Waals surface area contributed by atoms with Crippen LogP contribution in [0.1, 0.15) is 38.2 Å². The minimum atomic E-state index is -0.966. The van der Waals surface area contributed by atoms with Crippen LogP contribution >= 0.6 is 0 Å². The van der Waals surface area contributed by atoms with E-state index in [1.54, 1.807) is 26.0 Å². The van der Waals surface area contributed by atoms with Gasteiger partial charge in [0.25, 0.3) is 0 Å². The number of amides is 1.